The minimum absolute atomic E-state index is 0.493. The van der Waals surface area contributed by atoms with Gasteiger partial charge in [-0.05, 0) is 51.1 Å². The molecule has 7 nitrogen and oxygen atoms in total. The summed E-state index contributed by atoms with van der Waals surface area (Å²) in [7, 11) is -3.13. The molecular weight excluding hydrogens is 753 g/mol. The summed E-state index contributed by atoms with van der Waals surface area (Å²) in [6.07, 6.45) is 0. The number of hydrogen-bond acceptors (Lipinski definition) is 5. The summed E-state index contributed by atoms with van der Waals surface area (Å²) in [5.74, 6) is 2.39. The van der Waals surface area contributed by atoms with Crippen molar-refractivity contribution < 1.29 is 4.42 Å². The molecule has 0 amide bonds. The van der Waals surface area contributed by atoms with Gasteiger partial charge >= 0.3 is 0 Å². The van der Waals surface area contributed by atoms with Crippen LogP contribution in [-0.2, 0) is 0 Å². The average Bonchev–Trinajstić information content (AvgIpc) is 4.00. The van der Waals surface area contributed by atoms with Crippen LogP contribution < -0.4 is 20.7 Å². The monoisotopic (exact) mass is 786 g/mol. The number of benzene rings is 8. The first-order chi connectivity index (χ1) is 29.8. The standard InChI is InChI=1S/C52H34N6OSi/c1-5-18-35(19-6-1)49-54-50(36-20-7-2-8-21-36)56-51(55-49)58-44-33-32-39(34-45(44)57-43-29-15-14-28-42(43)53-52(57)58)60(37-22-9-3-10-23-37,38-24-11-4-12-25-38)47-31-17-27-41-40-26-13-16-30-46(40)59-48(41)47/h1-34H. The molecule has 0 aliphatic heterocycles. The number of aromatic nitrogens is 6. The van der Waals surface area contributed by atoms with E-state index in [-0.39, 0.29) is 0 Å². The minimum atomic E-state index is -3.13. The lowest BCUT2D eigenvalue weighted by Crippen LogP contribution is -2.74. The Morgan fingerprint density at radius 1 is 0.417 bits per heavy atom. The van der Waals surface area contributed by atoms with Gasteiger partial charge in [-0.2, -0.15) is 9.97 Å². The van der Waals surface area contributed by atoms with Crippen molar-refractivity contribution in [3.63, 3.8) is 0 Å². The number of hydrogen-bond donors (Lipinski definition) is 0. The molecule has 8 heteroatoms. The van der Waals surface area contributed by atoms with Crippen LogP contribution in [0.3, 0.4) is 0 Å². The van der Waals surface area contributed by atoms with Crippen LogP contribution in [0.4, 0.5) is 0 Å². The molecule has 0 radical (unpaired) electrons. The first-order valence-corrected chi connectivity index (χ1v) is 22.1. The molecule has 0 aliphatic rings. The quantitative estimate of drug-likeness (QED) is 0.119. The smallest absolute Gasteiger partial charge is 0.241 e. The van der Waals surface area contributed by atoms with E-state index in [1.54, 1.807) is 0 Å². The summed E-state index contributed by atoms with van der Waals surface area (Å²) >= 11 is 0. The summed E-state index contributed by atoms with van der Waals surface area (Å²) in [6.45, 7) is 0. The molecular formula is C52H34N6OSi. The van der Waals surface area contributed by atoms with E-state index in [9.17, 15) is 0 Å². The largest absolute Gasteiger partial charge is 0.456 e. The van der Waals surface area contributed by atoms with E-state index in [1.807, 2.05) is 72.8 Å². The molecule has 0 saturated carbocycles. The van der Waals surface area contributed by atoms with Crippen molar-refractivity contribution in [3.05, 3.63) is 206 Å². The van der Waals surface area contributed by atoms with Crippen LogP contribution in [0.15, 0.2) is 211 Å². The molecule has 0 fully saturated rings. The molecule has 282 valence electrons. The van der Waals surface area contributed by atoms with Crippen LogP contribution >= 0.6 is 0 Å². The zero-order chi connectivity index (χ0) is 39.6. The molecule has 8 aromatic carbocycles. The maximum Gasteiger partial charge on any atom is 0.241 e. The van der Waals surface area contributed by atoms with Gasteiger partial charge in [-0.3, -0.25) is 4.40 Å². The lowest BCUT2D eigenvalue weighted by Gasteiger charge is -2.34. The van der Waals surface area contributed by atoms with E-state index in [0.29, 0.717) is 17.6 Å². The Morgan fingerprint density at radius 2 is 1.00 bits per heavy atom. The number of nitrogens with zero attached hydrogens (tertiary/aromatic N) is 6. The molecule has 0 N–H and O–H groups in total. The summed E-state index contributed by atoms with van der Waals surface area (Å²) in [5, 5.41) is 7.14. The third-order valence-corrected chi connectivity index (χ3v) is 16.5. The third kappa shape index (κ3) is 5.14. The van der Waals surface area contributed by atoms with Gasteiger partial charge in [0.15, 0.2) is 19.7 Å². The van der Waals surface area contributed by atoms with Crippen molar-refractivity contribution in [3.8, 4) is 28.7 Å². The third-order valence-electron chi connectivity index (χ3n) is 11.7. The summed E-state index contributed by atoms with van der Waals surface area (Å²) in [6, 6.07) is 72.4. The maximum atomic E-state index is 6.91. The topological polar surface area (TPSA) is 74.0 Å². The SMILES string of the molecule is c1ccc(-c2nc(-c3ccccc3)nc(-n3c4ccc([Si](c5ccccc5)(c5ccccc5)c5cccc6c5oc5ccccc56)cc4n4c5ccccc5nc34)n2)cc1. The fourth-order valence-corrected chi connectivity index (χ4v) is 14.0. The summed E-state index contributed by atoms with van der Waals surface area (Å²) < 4.78 is 11.3. The van der Waals surface area contributed by atoms with Gasteiger partial charge in [0, 0.05) is 21.9 Å². The fraction of sp³-hybridized carbons (Fsp3) is 0. The Hall–Kier alpha value is -7.94. The normalized spacial score (nSPS) is 12.0. The highest BCUT2D eigenvalue weighted by atomic mass is 28.3. The van der Waals surface area contributed by atoms with Crippen LogP contribution in [0.2, 0.25) is 0 Å². The van der Waals surface area contributed by atoms with Crippen molar-refractivity contribution in [2.75, 3.05) is 0 Å². The summed E-state index contributed by atoms with van der Waals surface area (Å²) in [4.78, 5) is 20.7. The predicted octanol–water partition coefficient (Wildman–Crippen LogP) is 9.23. The van der Waals surface area contributed by atoms with Crippen molar-refractivity contribution in [1.29, 1.82) is 0 Å². The first-order valence-electron chi connectivity index (χ1n) is 20.1. The van der Waals surface area contributed by atoms with E-state index in [2.05, 4.69) is 142 Å². The molecule has 0 unspecified atom stereocenters. The number of furan rings is 1. The Labute approximate surface area is 345 Å². The molecule has 0 bridgehead atoms. The van der Waals surface area contributed by atoms with E-state index < -0.39 is 8.07 Å². The predicted molar refractivity (Wildman–Crippen MR) is 245 cm³/mol. The second kappa shape index (κ2) is 13.6. The first kappa shape index (κ1) is 34.1. The highest BCUT2D eigenvalue weighted by molar-refractivity contribution is 7.20. The number of imidazole rings is 2. The van der Waals surface area contributed by atoms with Crippen LogP contribution in [0.1, 0.15) is 0 Å². The molecule has 0 aliphatic carbocycles. The van der Waals surface area contributed by atoms with E-state index in [4.69, 9.17) is 24.4 Å². The van der Waals surface area contributed by atoms with Gasteiger partial charge in [0.25, 0.3) is 0 Å². The highest BCUT2D eigenvalue weighted by Gasteiger charge is 2.44. The van der Waals surface area contributed by atoms with Gasteiger partial charge < -0.3 is 4.42 Å². The van der Waals surface area contributed by atoms with Gasteiger partial charge in [-0.15, -0.1) is 0 Å². The number of fused-ring (bicyclic) bond motifs is 8. The van der Waals surface area contributed by atoms with E-state index in [1.165, 1.54) is 20.7 Å². The second-order valence-electron chi connectivity index (χ2n) is 15.1. The van der Waals surface area contributed by atoms with Gasteiger partial charge in [-0.1, -0.05) is 176 Å². The fourth-order valence-electron chi connectivity index (χ4n) is 9.11. The lowest BCUT2D eigenvalue weighted by atomic mass is 10.1. The zero-order valence-electron chi connectivity index (χ0n) is 32.2. The Morgan fingerprint density at radius 3 is 1.68 bits per heavy atom. The van der Waals surface area contributed by atoms with Gasteiger partial charge in [0.05, 0.1) is 22.1 Å². The van der Waals surface area contributed by atoms with Crippen LogP contribution in [-0.4, -0.2) is 37.0 Å². The second-order valence-corrected chi connectivity index (χ2v) is 18.8. The maximum absolute atomic E-state index is 6.91. The van der Waals surface area contributed by atoms with Crippen LogP contribution in [0, 0.1) is 0 Å². The minimum Gasteiger partial charge on any atom is -0.456 e. The van der Waals surface area contributed by atoms with Gasteiger partial charge in [-0.25, -0.2) is 14.5 Å². The molecule has 0 atom stereocenters. The Balaban J connectivity index is 1.20. The molecule has 12 rings (SSSR count). The molecule has 4 aromatic heterocycles. The van der Waals surface area contributed by atoms with E-state index >= 15 is 0 Å². The molecule has 60 heavy (non-hydrogen) atoms. The van der Waals surface area contributed by atoms with Crippen molar-refractivity contribution in [1.82, 2.24) is 28.9 Å². The average molecular weight is 787 g/mol. The molecule has 12 aromatic rings. The number of rotatable bonds is 7. The van der Waals surface area contributed by atoms with E-state index in [0.717, 1.165) is 60.9 Å². The number of para-hydroxylation sites is 4. The molecule has 4 heterocycles. The summed E-state index contributed by atoms with van der Waals surface area (Å²) in [5.41, 5.74) is 7.43. The molecule has 0 spiro atoms. The van der Waals surface area contributed by atoms with Gasteiger partial charge in [0.2, 0.25) is 11.7 Å². The highest BCUT2D eigenvalue weighted by Crippen LogP contribution is 2.32. The van der Waals surface area contributed by atoms with Crippen molar-refractivity contribution in [2.45, 2.75) is 0 Å². The lowest BCUT2D eigenvalue weighted by molar-refractivity contribution is 0.671. The Bertz CT molecular complexity index is 3450. The molecule has 0 saturated heterocycles. The van der Waals surface area contributed by atoms with Gasteiger partial charge in [0.1, 0.15) is 11.2 Å². The zero-order valence-corrected chi connectivity index (χ0v) is 33.2. The van der Waals surface area contributed by atoms with Crippen LogP contribution in [0.5, 0.6) is 0 Å². The van der Waals surface area contributed by atoms with Crippen molar-refractivity contribution in [2.24, 2.45) is 0 Å². The van der Waals surface area contributed by atoms with Crippen LogP contribution in [0.25, 0.3) is 78.5 Å². The van der Waals surface area contributed by atoms with Crippen molar-refractivity contribution >= 4 is 78.6 Å². The Kier molecular flexibility index (Phi) is 7.73.